The molecule has 0 saturated heterocycles. The van der Waals surface area contributed by atoms with Crippen LogP contribution >= 0.6 is 0 Å². The van der Waals surface area contributed by atoms with Crippen molar-refractivity contribution >= 4 is 17.5 Å². The number of hydrogen-bond acceptors (Lipinski definition) is 5. The van der Waals surface area contributed by atoms with Gasteiger partial charge in [0.05, 0.1) is 18.1 Å². The van der Waals surface area contributed by atoms with Gasteiger partial charge in [-0.05, 0) is 86.0 Å². The number of methoxy groups -OCH3 is 1. The molecule has 0 N–H and O–H groups in total. The zero-order chi connectivity index (χ0) is 27.4. The van der Waals surface area contributed by atoms with E-state index in [0.29, 0.717) is 6.42 Å². The van der Waals surface area contributed by atoms with Gasteiger partial charge in [-0.1, -0.05) is 53.2 Å². The highest BCUT2D eigenvalue weighted by atomic mass is 16.5. The third-order valence-corrected chi connectivity index (χ3v) is 12.7. The molecule has 0 unspecified atom stereocenters. The lowest BCUT2D eigenvalue weighted by Crippen LogP contribution is -2.65. The number of carbonyl (C=O) groups is 3. The summed E-state index contributed by atoms with van der Waals surface area (Å²) in [5.74, 6) is -0.227. The monoisotopic (exact) mass is 505 g/mol. The van der Waals surface area contributed by atoms with E-state index in [-0.39, 0.29) is 57.1 Å². The van der Waals surface area contributed by atoms with Crippen LogP contribution in [-0.2, 0) is 19.1 Å². The summed E-state index contributed by atoms with van der Waals surface area (Å²) in [5, 5.41) is 9.86. The van der Waals surface area contributed by atoms with Gasteiger partial charge >= 0.3 is 5.97 Å². The third-order valence-electron chi connectivity index (χ3n) is 12.7. The first-order chi connectivity index (χ1) is 17.0. The predicted octanol–water partition coefficient (Wildman–Crippen LogP) is 6.38. The van der Waals surface area contributed by atoms with Gasteiger partial charge in [0.25, 0.3) is 0 Å². The number of carbonyl (C=O) groups excluding carboxylic acids is 3. The van der Waals surface area contributed by atoms with E-state index in [1.807, 2.05) is 32.9 Å². The maximum absolute atomic E-state index is 14.3. The molecule has 5 aliphatic carbocycles. The van der Waals surface area contributed by atoms with Gasteiger partial charge in [0.15, 0.2) is 11.6 Å². The SMILES string of the molecule is COC(=O)[C@@]1(C)CC[C@]2(C)CC[C@]3(C)C(=CC(=O)[C@@H]4[C@@]5(C)C=C(C#N)C(=O)C(C)(C)[C@@H]5CC[C@]43C)[C@H]2C1. The predicted molar refractivity (Wildman–Crippen MR) is 141 cm³/mol. The number of esters is 1. The van der Waals surface area contributed by atoms with Crippen molar-refractivity contribution in [3.8, 4) is 6.07 Å². The van der Waals surface area contributed by atoms with Gasteiger partial charge in [0.1, 0.15) is 6.07 Å². The fraction of sp³-hybridized carbons (Fsp3) is 0.750. The van der Waals surface area contributed by atoms with Gasteiger partial charge in [-0.15, -0.1) is 0 Å². The van der Waals surface area contributed by atoms with Gasteiger partial charge in [0, 0.05) is 16.7 Å². The average Bonchev–Trinajstić information content (AvgIpc) is 2.83. The number of allylic oxidation sites excluding steroid dienone is 4. The molecule has 0 spiro atoms. The largest absolute Gasteiger partial charge is 0.469 e. The molecule has 3 fully saturated rings. The molecule has 0 radical (unpaired) electrons. The Kier molecular flexibility index (Phi) is 5.47. The number of hydrogen-bond donors (Lipinski definition) is 0. The molecule has 5 aliphatic rings. The van der Waals surface area contributed by atoms with Crippen molar-refractivity contribution < 1.29 is 19.1 Å². The van der Waals surface area contributed by atoms with E-state index in [0.717, 1.165) is 38.5 Å². The van der Waals surface area contributed by atoms with Gasteiger partial charge in [-0.25, -0.2) is 0 Å². The van der Waals surface area contributed by atoms with Gasteiger partial charge in [-0.3, -0.25) is 14.4 Å². The fourth-order valence-corrected chi connectivity index (χ4v) is 10.2. The normalized spacial score (nSPS) is 48.2. The molecule has 37 heavy (non-hydrogen) atoms. The van der Waals surface area contributed by atoms with Crippen molar-refractivity contribution in [2.24, 2.45) is 50.2 Å². The summed E-state index contributed by atoms with van der Waals surface area (Å²) in [5.41, 5.74) is -0.770. The van der Waals surface area contributed by atoms with Crippen LogP contribution in [0.1, 0.15) is 93.4 Å². The Bertz CT molecular complexity index is 1200. The van der Waals surface area contributed by atoms with Crippen LogP contribution in [0.25, 0.3) is 0 Å². The first kappa shape index (κ1) is 26.4. The lowest BCUT2D eigenvalue weighted by Gasteiger charge is -2.69. The molecule has 5 heteroatoms. The van der Waals surface area contributed by atoms with E-state index in [1.54, 1.807) is 0 Å². The minimum atomic E-state index is -0.683. The minimum Gasteiger partial charge on any atom is -0.469 e. The second-order valence-corrected chi connectivity index (χ2v) is 14.8. The Balaban J connectivity index is 1.67. The number of ether oxygens (including phenoxy) is 1. The summed E-state index contributed by atoms with van der Waals surface area (Å²) in [6, 6.07) is 2.16. The minimum absolute atomic E-state index is 0.0105. The molecule has 5 rings (SSSR count). The summed E-state index contributed by atoms with van der Waals surface area (Å²) < 4.78 is 5.23. The third kappa shape index (κ3) is 3.11. The average molecular weight is 506 g/mol. The van der Waals surface area contributed by atoms with Gasteiger partial charge in [-0.2, -0.15) is 5.26 Å². The standard InChI is InChI=1S/C32H43NO4/c1-27(2)23-9-10-32(7)24(30(23,5)16-19(18-33)25(27)35)22(34)15-20-21-17-29(4,26(36)37-8)12-11-28(21,3)13-14-31(20,32)6/h15-16,21,23-24H,9-14,17H2,1-8H3/t21-,23+,24-,28-,29+,30+,31-,32-/m1/s1. The van der Waals surface area contributed by atoms with E-state index >= 15 is 0 Å². The van der Waals surface area contributed by atoms with Crippen molar-refractivity contribution in [1.82, 2.24) is 0 Å². The molecule has 8 atom stereocenters. The number of rotatable bonds is 1. The number of nitrogens with zero attached hydrogens (tertiary/aromatic N) is 1. The summed E-state index contributed by atoms with van der Waals surface area (Å²) in [7, 11) is 1.47. The molecular formula is C32H43NO4. The molecule has 0 aromatic heterocycles. The number of fused-ring (bicyclic) bond motifs is 7. The lowest BCUT2D eigenvalue weighted by molar-refractivity contribution is -0.172. The summed E-state index contributed by atoms with van der Waals surface area (Å²) in [4.78, 5) is 40.4. The summed E-state index contributed by atoms with van der Waals surface area (Å²) in [6.45, 7) is 15.1. The van der Waals surface area contributed by atoms with E-state index in [9.17, 15) is 19.6 Å². The Morgan fingerprint density at radius 1 is 1.00 bits per heavy atom. The molecule has 0 bridgehead atoms. The van der Waals surface area contributed by atoms with Crippen LogP contribution in [0.4, 0.5) is 0 Å². The van der Waals surface area contributed by atoms with Crippen molar-refractivity contribution in [2.45, 2.75) is 93.4 Å². The van der Waals surface area contributed by atoms with Crippen molar-refractivity contribution in [1.29, 1.82) is 5.26 Å². The Morgan fingerprint density at radius 3 is 2.27 bits per heavy atom. The first-order valence-corrected chi connectivity index (χ1v) is 14.1. The van der Waals surface area contributed by atoms with E-state index in [2.05, 4.69) is 33.8 Å². The topological polar surface area (TPSA) is 84.2 Å². The van der Waals surface area contributed by atoms with Crippen LogP contribution in [0.3, 0.4) is 0 Å². The molecular weight excluding hydrogens is 462 g/mol. The number of nitriles is 1. The van der Waals surface area contributed by atoms with E-state index in [4.69, 9.17) is 4.74 Å². The molecule has 0 aliphatic heterocycles. The summed E-state index contributed by atoms with van der Waals surface area (Å²) >= 11 is 0. The van der Waals surface area contributed by atoms with Crippen LogP contribution in [0.15, 0.2) is 23.3 Å². The van der Waals surface area contributed by atoms with Crippen LogP contribution in [0, 0.1) is 61.6 Å². The molecule has 0 heterocycles. The second kappa shape index (κ2) is 7.67. The molecule has 0 amide bonds. The zero-order valence-corrected chi connectivity index (χ0v) is 23.9. The zero-order valence-electron chi connectivity index (χ0n) is 23.9. The maximum atomic E-state index is 14.3. The summed E-state index contributed by atoms with van der Waals surface area (Å²) in [6.07, 6.45) is 10.1. The Labute approximate surface area is 222 Å². The lowest BCUT2D eigenvalue weighted by atomic mass is 9.34. The molecule has 5 nitrogen and oxygen atoms in total. The second-order valence-electron chi connectivity index (χ2n) is 14.8. The van der Waals surface area contributed by atoms with E-state index in [1.165, 1.54) is 12.7 Å². The highest BCUT2D eigenvalue weighted by Crippen LogP contribution is 2.74. The van der Waals surface area contributed by atoms with Crippen LogP contribution in [-0.4, -0.2) is 24.6 Å². The fourth-order valence-electron chi connectivity index (χ4n) is 10.2. The number of ketones is 2. The smallest absolute Gasteiger partial charge is 0.311 e. The molecule has 0 aromatic rings. The molecule has 3 saturated carbocycles. The van der Waals surface area contributed by atoms with E-state index < -0.39 is 16.2 Å². The maximum Gasteiger partial charge on any atom is 0.311 e. The van der Waals surface area contributed by atoms with Gasteiger partial charge in [0.2, 0.25) is 0 Å². The van der Waals surface area contributed by atoms with Crippen LogP contribution in [0.5, 0.6) is 0 Å². The van der Waals surface area contributed by atoms with Crippen molar-refractivity contribution in [3.05, 3.63) is 23.3 Å². The van der Waals surface area contributed by atoms with Crippen LogP contribution < -0.4 is 0 Å². The molecule has 0 aromatic carbocycles. The van der Waals surface area contributed by atoms with Crippen molar-refractivity contribution in [2.75, 3.05) is 7.11 Å². The quantitative estimate of drug-likeness (QED) is 0.386. The Morgan fingerprint density at radius 2 is 1.65 bits per heavy atom. The highest BCUT2D eigenvalue weighted by molar-refractivity contribution is 6.05. The van der Waals surface area contributed by atoms with Crippen molar-refractivity contribution in [3.63, 3.8) is 0 Å². The number of Topliss-reactive ketones (excluding diaryl/α,β-unsaturated/α-hetero) is 1. The Hall–Kier alpha value is -2.22. The first-order valence-electron chi connectivity index (χ1n) is 14.1. The molecule has 200 valence electrons. The van der Waals surface area contributed by atoms with Crippen LogP contribution in [0.2, 0.25) is 0 Å². The van der Waals surface area contributed by atoms with Gasteiger partial charge < -0.3 is 4.74 Å². The highest BCUT2D eigenvalue weighted by Gasteiger charge is 2.70.